The van der Waals surface area contributed by atoms with E-state index in [9.17, 15) is 25.9 Å². The molecule has 134 valence electrons. The number of hydrogen-bond acceptors (Lipinski definition) is 6. The minimum atomic E-state index is -4.47. The van der Waals surface area contributed by atoms with Gasteiger partial charge in [0.15, 0.2) is 11.6 Å². The monoisotopic (exact) mass is 394 g/mol. The normalized spacial score (nSPS) is 12.8. The molecule has 0 fully saturated rings. The molecule has 2 aromatic carbocycles. The molecule has 0 bridgehead atoms. The highest BCUT2D eigenvalue weighted by atomic mass is 32.2. The van der Waals surface area contributed by atoms with Crippen LogP contribution in [0.15, 0.2) is 46.2 Å². The molecule has 0 aliphatic rings. The van der Waals surface area contributed by atoms with Gasteiger partial charge in [0.25, 0.3) is 20.2 Å². The Kier molecular flexibility index (Phi) is 3.43. The fourth-order valence-electron chi connectivity index (χ4n) is 2.65. The Labute approximate surface area is 146 Å². The van der Waals surface area contributed by atoms with Gasteiger partial charge in [0.2, 0.25) is 0 Å². The molecule has 0 aliphatic heterocycles. The fourth-order valence-corrected chi connectivity index (χ4v) is 3.95. The van der Waals surface area contributed by atoms with E-state index in [1.807, 2.05) is 0 Å². The third-order valence-corrected chi connectivity index (χ3v) is 5.50. The zero-order valence-electron chi connectivity index (χ0n) is 12.7. The molecule has 0 aliphatic carbocycles. The highest BCUT2D eigenvalue weighted by molar-refractivity contribution is 7.86. The first kappa shape index (κ1) is 16.7. The average molecular weight is 394 g/mol. The molecule has 0 unspecified atom stereocenters. The molecule has 4 N–H and O–H groups in total. The van der Waals surface area contributed by atoms with Crippen LogP contribution in [0.3, 0.4) is 0 Å². The minimum absolute atomic E-state index is 0.0143. The highest BCUT2D eigenvalue weighted by Gasteiger charge is 2.21. The van der Waals surface area contributed by atoms with Crippen molar-refractivity contribution in [1.82, 2.24) is 19.9 Å². The second-order valence-corrected chi connectivity index (χ2v) is 8.21. The Morgan fingerprint density at radius 2 is 1.08 bits per heavy atom. The number of H-pyrrole nitrogens is 2. The topological polar surface area (TPSA) is 166 Å². The van der Waals surface area contributed by atoms with Gasteiger partial charge in [-0.2, -0.15) is 16.8 Å². The fraction of sp³-hybridized carbons (Fsp3) is 0. The van der Waals surface area contributed by atoms with Crippen LogP contribution in [0.25, 0.3) is 33.7 Å². The zero-order chi connectivity index (χ0) is 18.7. The number of aromatic amines is 2. The zero-order valence-corrected chi connectivity index (χ0v) is 14.3. The van der Waals surface area contributed by atoms with Gasteiger partial charge in [-0.15, -0.1) is 0 Å². The molecule has 4 rings (SSSR count). The van der Waals surface area contributed by atoms with Crippen molar-refractivity contribution < 1.29 is 25.9 Å². The predicted molar refractivity (Wildman–Crippen MR) is 90.8 cm³/mol. The SMILES string of the molecule is O=S(=O)(O)c1cccc2[nH]c(-c3nc4c(S(=O)(=O)O)cccc4[nH]3)nc12. The quantitative estimate of drug-likeness (QED) is 0.380. The maximum Gasteiger partial charge on any atom is 0.296 e. The van der Waals surface area contributed by atoms with E-state index < -0.39 is 20.2 Å². The van der Waals surface area contributed by atoms with Gasteiger partial charge in [-0.3, -0.25) is 9.11 Å². The van der Waals surface area contributed by atoms with E-state index in [-0.39, 0.29) is 32.5 Å². The molecule has 0 saturated carbocycles. The minimum Gasteiger partial charge on any atom is -0.335 e. The van der Waals surface area contributed by atoms with Gasteiger partial charge < -0.3 is 9.97 Å². The van der Waals surface area contributed by atoms with Gasteiger partial charge in [0, 0.05) is 0 Å². The number of aromatic nitrogens is 4. The van der Waals surface area contributed by atoms with Crippen molar-refractivity contribution in [2.45, 2.75) is 9.79 Å². The van der Waals surface area contributed by atoms with Crippen LogP contribution >= 0.6 is 0 Å². The summed E-state index contributed by atoms with van der Waals surface area (Å²) in [4.78, 5) is 13.2. The summed E-state index contributed by atoms with van der Waals surface area (Å²) < 4.78 is 64.5. The van der Waals surface area contributed by atoms with E-state index in [0.717, 1.165) is 0 Å². The largest absolute Gasteiger partial charge is 0.335 e. The highest BCUT2D eigenvalue weighted by Crippen LogP contribution is 2.27. The van der Waals surface area contributed by atoms with Crippen LogP contribution in [-0.4, -0.2) is 45.9 Å². The second kappa shape index (κ2) is 5.35. The molecule has 0 atom stereocenters. The number of hydrogen-bond donors (Lipinski definition) is 4. The number of benzene rings is 2. The molecule has 10 nitrogen and oxygen atoms in total. The van der Waals surface area contributed by atoms with Gasteiger partial charge in [0.1, 0.15) is 20.8 Å². The van der Waals surface area contributed by atoms with Crippen molar-refractivity contribution in [3.05, 3.63) is 36.4 Å². The predicted octanol–water partition coefficient (Wildman–Crippen LogP) is 1.60. The smallest absolute Gasteiger partial charge is 0.296 e. The van der Waals surface area contributed by atoms with Gasteiger partial charge in [-0.05, 0) is 24.3 Å². The lowest BCUT2D eigenvalue weighted by molar-refractivity contribution is 0.481. The molecule has 0 radical (unpaired) electrons. The average Bonchev–Trinajstić information content (AvgIpc) is 3.15. The second-order valence-electron chi connectivity index (χ2n) is 5.43. The van der Waals surface area contributed by atoms with E-state index >= 15 is 0 Å². The van der Waals surface area contributed by atoms with Crippen LogP contribution < -0.4 is 0 Å². The molecule has 4 aromatic rings. The lowest BCUT2D eigenvalue weighted by Gasteiger charge is -1.96. The van der Waals surface area contributed by atoms with Crippen LogP contribution in [0, 0.1) is 0 Å². The first-order valence-electron chi connectivity index (χ1n) is 7.07. The summed E-state index contributed by atoms with van der Waals surface area (Å²) >= 11 is 0. The molecular formula is C14H10N4O6S2. The molecule has 12 heteroatoms. The van der Waals surface area contributed by atoms with Crippen molar-refractivity contribution in [2.75, 3.05) is 0 Å². The maximum absolute atomic E-state index is 11.5. The number of rotatable bonds is 3. The Bertz CT molecular complexity index is 1280. The Balaban J connectivity index is 1.97. The lowest BCUT2D eigenvalue weighted by atomic mass is 10.3. The Morgan fingerprint density at radius 1 is 0.692 bits per heavy atom. The lowest BCUT2D eigenvalue weighted by Crippen LogP contribution is -1.98. The summed E-state index contributed by atoms with van der Waals surface area (Å²) in [7, 11) is -8.95. The number of nitrogens with one attached hydrogen (secondary N) is 2. The van der Waals surface area contributed by atoms with E-state index in [1.54, 1.807) is 12.1 Å². The molecule has 0 saturated heterocycles. The summed E-state index contributed by atoms with van der Waals surface area (Å²) in [5.41, 5.74) is 0.706. The number of nitrogens with zero attached hydrogens (tertiary/aromatic N) is 2. The summed E-state index contributed by atoms with van der Waals surface area (Å²) in [6, 6.07) is 8.40. The van der Waals surface area contributed by atoms with E-state index in [1.165, 1.54) is 24.3 Å². The number of imidazole rings is 2. The van der Waals surface area contributed by atoms with E-state index in [4.69, 9.17) is 0 Å². The van der Waals surface area contributed by atoms with Gasteiger partial charge in [-0.25, -0.2) is 9.97 Å². The molecule has 0 amide bonds. The molecule has 0 spiro atoms. The Morgan fingerprint density at radius 3 is 1.42 bits per heavy atom. The number of para-hydroxylation sites is 2. The summed E-state index contributed by atoms with van der Waals surface area (Å²) in [6.45, 7) is 0. The van der Waals surface area contributed by atoms with Crippen molar-refractivity contribution in [3.63, 3.8) is 0 Å². The van der Waals surface area contributed by atoms with Gasteiger partial charge >= 0.3 is 0 Å². The van der Waals surface area contributed by atoms with Crippen molar-refractivity contribution in [1.29, 1.82) is 0 Å². The summed E-state index contributed by atoms with van der Waals surface area (Å²) in [6.07, 6.45) is 0. The van der Waals surface area contributed by atoms with E-state index in [2.05, 4.69) is 19.9 Å². The van der Waals surface area contributed by atoms with Crippen molar-refractivity contribution in [3.8, 4) is 11.6 Å². The van der Waals surface area contributed by atoms with Crippen LogP contribution in [0.4, 0.5) is 0 Å². The Hall–Kier alpha value is -2.80. The van der Waals surface area contributed by atoms with Crippen molar-refractivity contribution >= 4 is 42.3 Å². The van der Waals surface area contributed by atoms with Gasteiger partial charge in [-0.1, -0.05) is 12.1 Å². The first-order valence-corrected chi connectivity index (χ1v) is 9.95. The summed E-state index contributed by atoms with van der Waals surface area (Å²) in [5, 5.41) is 0. The molecule has 26 heavy (non-hydrogen) atoms. The number of fused-ring (bicyclic) bond motifs is 2. The van der Waals surface area contributed by atoms with Crippen LogP contribution in [0.2, 0.25) is 0 Å². The standard InChI is InChI=1S/C14H10N4O6S2/c19-25(20,21)9-5-1-3-7-11(9)17-13(15-7)14-16-8-4-2-6-10(12(8)18-14)26(22,23)24/h1-6H,(H,15,17)(H,16,18)(H,19,20,21)(H,22,23,24). The van der Waals surface area contributed by atoms with Crippen LogP contribution in [-0.2, 0) is 20.2 Å². The molecule has 2 aromatic heterocycles. The van der Waals surface area contributed by atoms with Gasteiger partial charge in [0.05, 0.1) is 11.0 Å². The third-order valence-electron chi connectivity index (χ3n) is 3.73. The summed E-state index contributed by atoms with van der Waals surface area (Å²) in [5.74, 6) is 0.266. The molecule has 2 heterocycles. The van der Waals surface area contributed by atoms with Crippen LogP contribution in [0.5, 0.6) is 0 Å². The maximum atomic E-state index is 11.5. The third kappa shape index (κ3) is 2.64. The van der Waals surface area contributed by atoms with Crippen molar-refractivity contribution in [2.24, 2.45) is 0 Å². The first-order chi connectivity index (χ1) is 12.1. The molecular weight excluding hydrogens is 384 g/mol. The van der Waals surface area contributed by atoms with E-state index in [0.29, 0.717) is 11.0 Å². The van der Waals surface area contributed by atoms with Crippen LogP contribution in [0.1, 0.15) is 0 Å².